The second kappa shape index (κ2) is 10.4. The highest BCUT2D eigenvalue weighted by Gasteiger charge is 2.31. The predicted octanol–water partition coefficient (Wildman–Crippen LogP) is 1.31. The number of hydrogen-bond acceptors (Lipinski definition) is 5. The quantitative estimate of drug-likeness (QED) is 0.685. The number of nitrogens with one attached hydrogen (secondary N) is 1. The van der Waals surface area contributed by atoms with E-state index in [1.165, 1.54) is 16.7 Å². The molecule has 1 aromatic heterocycles. The molecule has 36 heavy (non-hydrogen) atoms. The molecule has 2 amide bonds. The van der Waals surface area contributed by atoms with Crippen LogP contribution in [-0.2, 0) is 28.9 Å². The Labute approximate surface area is 207 Å². The number of benzene rings is 1. The van der Waals surface area contributed by atoms with Crippen molar-refractivity contribution in [1.29, 1.82) is 0 Å². The number of halogens is 1. The van der Waals surface area contributed by atoms with Crippen molar-refractivity contribution in [1.82, 2.24) is 19.4 Å². The van der Waals surface area contributed by atoms with E-state index >= 15 is 0 Å². The SMILES string of the molecule is O=C(c1cc(Cn2c3c(c(=O)[nH]c2=O)CCCC3)ccc1F)N1CCN(C(=O)C2CCOCC2)CC1. The summed E-state index contributed by atoms with van der Waals surface area (Å²) in [6.07, 6.45) is 4.50. The van der Waals surface area contributed by atoms with Crippen LogP contribution >= 0.6 is 0 Å². The fraction of sp³-hybridized carbons (Fsp3) is 0.538. The Balaban J connectivity index is 1.30. The third-order valence-electron chi connectivity index (χ3n) is 7.56. The molecule has 0 atom stereocenters. The van der Waals surface area contributed by atoms with Crippen molar-refractivity contribution >= 4 is 11.8 Å². The predicted molar refractivity (Wildman–Crippen MR) is 129 cm³/mol. The van der Waals surface area contributed by atoms with E-state index in [2.05, 4.69) is 4.98 Å². The molecule has 0 bridgehead atoms. The molecule has 2 saturated heterocycles. The van der Waals surface area contributed by atoms with Crippen molar-refractivity contribution in [3.8, 4) is 0 Å². The second-order valence-electron chi connectivity index (χ2n) is 9.80. The van der Waals surface area contributed by atoms with Gasteiger partial charge in [-0.15, -0.1) is 0 Å². The number of ether oxygens (including phenoxy) is 1. The number of carbonyl (C=O) groups is 2. The number of rotatable bonds is 4. The van der Waals surface area contributed by atoms with E-state index in [4.69, 9.17) is 4.74 Å². The van der Waals surface area contributed by atoms with Crippen molar-refractivity contribution in [3.63, 3.8) is 0 Å². The zero-order chi connectivity index (χ0) is 25.2. The van der Waals surface area contributed by atoms with Crippen LogP contribution in [0.5, 0.6) is 0 Å². The summed E-state index contributed by atoms with van der Waals surface area (Å²) >= 11 is 0. The summed E-state index contributed by atoms with van der Waals surface area (Å²) in [6.45, 7) is 2.85. The number of hydrogen-bond donors (Lipinski definition) is 1. The lowest BCUT2D eigenvalue weighted by Gasteiger charge is -2.37. The molecule has 2 aliphatic heterocycles. The number of amides is 2. The van der Waals surface area contributed by atoms with Crippen LogP contribution < -0.4 is 11.2 Å². The van der Waals surface area contributed by atoms with E-state index in [-0.39, 0.29) is 29.5 Å². The fourth-order valence-electron chi connectivity index (χ4n) is 5.48. The molecule has 2 aromatic rings. The molecule has 1 aromatic carbocycles. The first kappa shape index (κ1) is 24.4. The van der Waals surface area contributed by atoms with Crippen molar-refractivity contribution in [3.05, 3.63) is 67.2 Å². The van der Waals surface area contributed by atoms with Gasteiger partial charge in [0.2, 0.25) is 5.91 Å². The Bertz CT molecular complexity index is 1270. The summed E-state index contributed by atoms with van der Waals surface area (Å²) in [7, 11) is 0. The van der Waals surface area contributed by atoms with Gasteiger partial charge in [0.15, 0.2) is 0 Å². The number of aromatic nitrogens is 2. The van der Waals surface area contributed by atoms with Crippen LogP contribution in [0.25, 0.3) is 0 Å². The number of fused-ring (bicyclic) bond motifs is 1. The van der Waals surface area contributed by atoms with Gasteiger partial charge in [0.05, 0.1) is 12.1 Å². The molecule has 9 nitrogen and oxygen atoms in total. The zero-order valence-electron chi connectivity index (χ0n) is 20.3. The van der Waals surface area contributed by atoms with Crippen molar-refractivity contribution in [2.45, 2.75) is 45.1 Å². The Hall–Kier alpha value is -3.27. The van der Waals surface area contributed by atoms with Crippen LogP contribution in [0.2, 0.25) is 0 Å². The third kappa shape index (κ3) is 4.86. The lowest BCUT2D eigenvalue weighted by molar-refractivity contribution is -0.140. The molecule has 5 rings (SSSR count). The Kier molecular flexibility index (Phi) is 7.04. The molecule has 0 spiro atoms. The average Bonchev–Trinajstić information content (AvgIpc) is 2.91. The van der Waals surface area contributed by atoms with Gasteiger partial charge < -0.3 is 14.5 Å². The maximum atomic E-state index is 14.7. The van der Waals surface area contributed by atoms with Crippen LogP contribution in [0.1, 0.15) is 52.9 Å². The van der Waals surface area contributed by atoms with Gasteiger partial charge in [-0.1, -0.05) is 6.07 Å². The van der Waals surface area contributed by atoms with Gasteiger partial charge in [-0.05, 0) is 56.2 Å². The van der Waals surface area contributed by atoms with Gasteiger partial charge in [-0.25, -0.2) is 9.18 Å². The minimum atomic E-state index is -0.625. The van der Waals surface area contributed by atoms with Gasteiger partial charge in [0.25, 0.3) is 11.5 Å². The lowest BCUT2D eigenvalue weighted by atomic mass is 9.96. The number of piperazine rings is 1. The summed E-state index contributed by atoms with van der Waals surface area (Å²) < 4.78 is 21.6. The highest BCUT2D eigenvalue weighted by atomic mass is 19.1. The summed E-state index contributed by atoms with van der Waals surface area (Å²) in [6, 6.07) is 4.30. The van der Waals surface area contributed by atoms with E-state index in [9.17, 15) is 23.6 Å². The van der Waals surface area contributed by atoms with Crippen LogP contribution in [0.3, 0.4) is 0 Å². The second-order valence-corrected chi connectivity index (χ2v) is 9.80. The van der Waals surface area contributed by atoms with Crippen LogP contribution in [0.15, 0.2) is 27.8 Å². The normalized spacial score (nSPS) is 18.7. The molecule has 1 aliphatic carbocycles. The summed E-state index contributed by atoms with van der Waals surface area (Å²) in [5, 5.41) is 0. The summed E-state index contributed by atoms with van der Waals surface area (Å²) in [4.78, 5) is 56.5. The molecule has 1 N–H and O–H groups in total. The maximum Gasteiger partial charge on any atom is 0.328 e. The maximum absolute atomic E-state index is 14.7. The van der Waals surface area contributed by atoms with Gasteiger partial charge in [0.1, 0.15) is 5.82 Å². The topological polar surface area (TPSA) is 105 Å². The van der Waals surface area contributed by atoms with Gasteiger partial charge in [-0.3, -0.25) is 23.9 Å². The Morgan fingerprint density at radius 2 is 1.69 bits per heavy atom. The minimum absolute atomic E-state index is 0.0304. The van der Waals surface area contributed by atoms with Gasteiger partial charge in [0, 0.05) is 56.6 Å². The monoisotopic (exact) mass is 498 g/mol. The molecule has 3 heterocycles. The standard InChI is InChI=1S/C26H31FN4O5/c27-21-6-5-17(16-31-22-4-2-1-3-19(22)23(32)28-26(31)35)15-20(21)25(34)30-11-9-29(10-12-30)24(33)18-7-13-36-14-8-18/h5-6,15,18H,1-4,7-14,16H2,(H,28,32,35). The first-order valence-corrected chi connectivity index (χ1v) is 12.7. The fourth-order valence-corrected chi connectivity index (χ4v) is 5.48. The summed E-state index contributed by atoms with van der Waals surface area (Å²) in [5.74, 6) is -0.978. The first-order valence-electron chi connectivity index (χ1n) is 12.7. The molecule has 2 fully saturated rings. The van der Waals surface area contributed by atoms with Crippen LogP contribution in [0.4, 0.5) is 4.39 Å². The Morgan fingerprint density at radius 3 is 2.44 bits per heavy atom. The summed E-state index contributed by atoms with van der Waals surface area (Å²) in [5.41, 5.74) is 1.07. The molecular formula is C26H31FN4O5. The van der Waals surface area contributed by atoms with Crippen molar-refractivity contribution in [2.75, 3.05) is 39.4 Å². The van der Waals surface area contributed by atoms with Crippen LogP contribution in [0, 0.1) is 11.7 Å². The number of carbonyl (C=O) groups excluding carboxylic acids is 2. The Morgan fingerprint density at radius 1 is 1.00 bits per heavy atom. The molecule has 10 heteroatoms. The number of H-pyrrole nitrogens is 1. The highest BCUT2D eigenvalue weighted by molar-refractivity contribution is 5.95. The molecule has 0 unspecified atom stereocenters. The molecule has 0 saturated carbocycles. The average molecular weight is 499 g/mol. The lowest BCUT2D eigenvalue weighted by Crippen LogP contribution is -2.52. The van der Waals surface area contributed by atoms with E-state index in [0.717, 1.165) is 31.4 Å². The molecule has 3 aliphatic rings. The van der Waals surface area contributed by atoms with Gasteiger partial charge >= 0.3 is 5.69 Å². The van der Waals surface area contributed by atoms with Crippen molar-refractivity contribution < 1.29 is 18.7 Å². The van der Waals surface area contributed by atoms with E-state index in [1.807, 2.05) is 0 Å². The third-order valence-corrected chi connectivity index (χ3v) is 7.56. The molecule has 192 valence electrons. The first-order chi connectivity index (χ1) is 17.4. The highest BCUT2D eigenvalue weighted by Crippen LogP contribution is 2.21. The van der Waals surface area contributed by atoms with Crippen LogP contribution in [-0.4, -0.2) is 70.6 Å². The largest absolute Gasteiger partial charge is 0.381 e. The van der Waals surface area contributed by atoms with E-state index < -0.39 is 17.4 Å². The number of aromatic amines is 1. The molecular weight excluding hydrogens is 467 g/mol. The smallest absolute Gasteiger partial charge is 0.328 e. The number of nitrogens with zero attached hydrogens (tertiary/aromatic N) is 3. The van der Waals surface area contributed by atoms with Crippen molar-refractivity contribution in [2.24, 2.45) is 5.92 Å². The minimum Gasteiger partial charge on any atom is -0.381 e. The van der Waals surface area contributed by atoms with E-state index in [1.54, 1.807) is 15.9 Å². The zero-order valence-corrected chi connectivity index (χ0v) is 20.3. The van der Waals surface area contributed by atoms with E-state index in [0.29, 0.717) is 63.4 Å². The van der Waals surface area contributed by atoms with Gasteiger partial charge in [-0.2, -0.15) is 0 Å². The molecule has 0 radical (unpaired) electrons.